The Morgan fingerprint density at radius 3 is 2.65 bits per heavy atom. The SMILES string of the molecule is CC(C)(C)OC(=O)CN1C(=O)C(NC2=Nc3ccccc3C2=C=O)Cc2ccccc21. The maximum atomic E-state index is 13.3. The molecule has 1 atom stereocenters. The third kappa shape index (κ3) is 4.13. The first kappa shape index (κ1) is 20.6. The van der Waals surface area contributed by atoms with Crippen molar-refractivity contribution in [3.8, 4) is 0 Å². The van der Waals surface area contributed by atoms with Crippen LogP contribution in [0.15, 0.2) is 53.5 Å². The normalized spacial score (nSPS) is 17.5. The van der Waals surface area contributed by atoms with Crippen LogP contribution in [0.3, 0.4) is 0 Å². The van der Waals surface area contributed by atoms with E-state index in [0.717, 1.165) is 5.56 Å². The summed E-state index contributed by atoms with van der Waals surface area (Å²) in [5, 5.41) is 3.12. The molecule has 0 bridgehead atoms. The van der Waals surface area contributed by atoms with Gasteiger partial charge in [0.05, 0.1) is 5.69 Å². The van der Waals surface area contributed by atoms with Gasteiger partial charge in [-0.25, -0.2) is 9.79 Å². The minimum atomic E-state index is -0.686. The van der Waals surface area contributed by atoms with Crippen molar-refractivity contribution in [2.24, 2.45) is 4.99 Å². The Morgan fingerprint density at radius 1 is 1.19 bits per heavy atom. The maximum absolute atomic E-state index is 13.3. The molecule has 2 heterocycles. The van der Waals surface area contributed by atoms with Crippen LogP contribution in [0.5, 0.6) is 0 Å². The van der Waals surface area contributed by atoms with Crippen LogP contribution in [0.4, 0.5) is 11.4 Å². The molecule has 7 heteroatoms. The van der Waals surface area contributed by atoms with E-state index in [9.17, 15) is 14.4 Å². The number of aliphatic imine (C=N–C) groups is 1. The summed E-state index contributed by atoms with van der Waals surface area (Å²) < 4.78 is 5.42. The van der Waals surface area contributed by atoms with Gasteiger partial charge in [0.1, 0.15) is 35.5 Å². The smallest absolute Gasteiger partial charge is 0.326 e. The van der Waals surface area contributed by atoms with Crippen LogP contribution in [0.25, 0.3) is 5.57 Å². The minimum Gasteiger partial charge on any atom is -0.459 e. The number of hydrogen-bond donors (Lipinski definition) is 1. The molecule has 0 saturated carbocycles. The van der Waals surface area contributed by atoms with Gasteiger partial charge in [0.2, 0.25) is 5.91 Å². The molecule has 1 N–H and O–H groups in total. The summed E-state index contributed by atoms with van der Waals surface area (Å²) in [6, 6.07) is 14.0. The summed E-state index contributed by atoms with van der Waals surface area (Å²) >= 11 is 0. The van der Waals surface area contributed by atoms with E-state index in [0.29, 0.717) is 34.8 Å². The third-order valence-corrected chi connectivity index (χ3v) is 5.03. The monoisotopic (exact) mass is 417 g/mol. The molecule has 2 aliphatic rings. The molecule has 0 aliphatic carbocycles. The predicted octanol–water partition coefficient (Wildman–Crippen LogP) is 2.83. The van der Waals surface area contributed by atoms with Crippen LogP contribution < -0.4 is 10.2 Å². The van der Waals surface area contributed by atoms with Gasteiger partial charge in [0.15, 0.2) is 0 Å². The summed E-state index contributed by atoms with van der Waals surface area (Å²) in [4.78, 5) is 43.3. The summed E-state index contributed by atoms with van der Waals surface area (Å²) in [6.07, 6.45) is 0.404. The van der Waals surface area contributed by atoms with Gasteiger partial charge in [0.25, 0.3) is 0 Å². The fourth-order valence-corrected chi connectivity index (χ4v) is 3.80. The molecule has 158 valence electrons. The molecular weight excluding hydrogens is 394 g/mol. The minimum absolute atomic E-state index is 0.200. The van der Waals surface area contributed by atoms with Crippen LogP contribution in [-0.4, -0.2) is 41.8 Å². The number of para-hydroxylation sites is 2. The lowest BCUT2D eigenvalue weighted by Crippen LogP contribution is -2.54. The van der Waals surface area contributed by atoms with Crippen molar-refractivity contribution in [2.75, 3.05) is 11.4 Å². The van der Waals surface area contributed by atoms with Crippen molar-refractivity contribution in [2.45, 2.75) is 38.8 Å². The van der Waals surface area contributed by atoms with Crippen LogP contribution in [0.2, 0.25) is 0 Å². The van der Waals surface area contributed by atoms with Gasteiger partial charge in [-0.15, -0.1) is 0 Å². The van der Waals surface area contributed by atoms with E-state index in [1.807, 2.05) is 42.3 Å². The predicted molar refractivity (Wildman–Crippen MR) is 118 cm³/mol. The number of anilines is 1. The first-order chi connectivity index (χ1) is 14.8. The van der Waals surface area contributed by atoms with E-state index in [1.54, 1.807) is 32.9 Å². The number of esters is 1. The summed E-state index contributed by atoms with van der Waals surface area (Å²) in [7, 11) is 0. The van der Waals surface area contributed by atoms with Gasteiger partial charge in [0, 0.05) is 17.7 Å². The van der Waals surface area contributed by atoms with Crippen LogP contribution in [0.1, 0.15) is 31.9 Å². The van der Waals surface area contributed by atoms with Crippen molar-refractivity contribution in [3.05, 3.63) is 59.7 Å². The van der Waals surface area contributed by atoms with Crippen LogP contribution in [-0.2, 0) is 25.5 Å². The van der Waals surface area contributed by atoms with E-state index < -0.39 is 17.6 Å². The molecule has 2 aromatic rings. The zero-order chi connectivity index (χ0) is 22.2. The van der Waals surface area contributed by atoms with Gasteiger partial charge in [-0.05, 0) is 38.5 Å². The Labute approximate surface area is 180 Å². The van der Waals surface area contributed by atoms with E-state index in [-0.39, 0.29) is 12.5 Å². The second-order valence-electron chi connectivity index (χ2n) is 8.50. The van der Waals surface area contributed by atoms with Gasteiger partial charge in [-0.3, -0.25) is 14.5 Å². The molecule has 31 heavy (non-hydrogen) atoms. The lowest BCUT2D eigenvalue weighted by Gasteiger charge is -2.34. The Balaban J connectivity index is 1.61. The topological polar surface area (TPSA) is 88.1 Å². The summed E-state index contributed by atoms with van der Waals surface area (Å²) in [6.45, 7) is 5.15. The number of rotatable bonds is 3. The lowest BCUT2D eigenvalue weighted by atomic mass is 9.96. The Hall–Kier alpha value is -3.70. The van der Waals surface area contributed by atoms with E-state index in [2.05, 4.69) is 10.3 Å². The molecule has 4 rings (SSSR count). The molecule has 2 aromatic carbocycles. The number of nitrogens with zero attached hydrogens (tertiary/aromatic N) is 2. The van der Waals surface area contributed by atoms with Crippen LogP contribution >= 0.6 is 0 Å². The number of nitrogens with one attached hydrogen (secondary N) is 1. The molecule has 2 aliphatic heterocycles. The third-order valence-electron chi connectivity index (χ3n) is 5.03. The highest BCUT2D eigenvalue weighted by Gasteiger charge is 2.36. The highest BCUT2D eigenvalue weighted by Crippen LogP contribution is 2.33. The van der Waals surface area contributed by atoms with Crippen molar-refractivity contribution >= 4 is 40.6 Å². The van der Waals surface area contributed by atoms with Gasteiger partial charge < -0.3 is 10.1 Å². The van der Waals surface area contributed by atoms with Gasteiger partial charge in [-0.1, -0.05) is 36.4 Å². The number of amidine groups is 1. The molecule has 1 unspecified atom stereocenters. The number of ether oxygens (including phenoxy) is 1. The average Bonchev–Trinajstić information content (AvgIpc) is 3.06. The average molecular weight is 417 g/mol. The molecule has 0 spiro atoms. The number of carbonyl (C=O) groups excluding carboxylic acids is 3. The highest BCUT2D eigenvalue weighted by atomic mass is 16.6. The second-order valence-corrected chi connectivity index (χ2v) is 8.50. The summed E-state index contributed by atoms with van der Waals surface area (Å²) in [5.74, 6) is 1.47. The second kappa shape index (κ2) is 7.85. The highest BCUT2D eigenvalue weighted by molar-refractivity contribution is 6.35. The molecule has 7 nitrogen and oxygen atoms in total. The zero-order valence-corrected chi connectivity index (χ0v) is 17.6. The number of fused-ring (bicyclic) bond motifs is 2. The Bertz CT molecular complexity index is 1140. The number of benzene rings is 2. The molecular formula is C24H23N3O4. The van der Waals surface area contributed by atoms with E-state index in [1.165, 1.54) is 4.90 Å². The number of carbonyl (C=O) groups is 2. The maximum Gasteiger partial charge on any atom is 0.326 e. The first-order valence-corrected chi connectivity index (χ1v) is 10.1. The first-order valence-electron chi connectivity index (χ1n) is 10.1. The lowest BCUT2D eigenvalue weighted by molar-refractivity contribution is -0.153. The molecule has 0 radical (unpaired) electrons. The Morgan fingerprint density at radius 2 is 1.90 bits per heavy atom. The van der Waals surface area contributed by atoms with Crippen molar-refractivity contribution in [1.29, 1.82) is 0 Å². The summed E-state index contributed by atoms with van der Waals surface area (Å²) in [5.41, 5.74) is 2.56. The quantitative estimate of drug-likeness (QED) is 0.613. The van der Waals surface area contributed by atoms with Crippen molar-refractivity contribution in [1.82, 2.24) is 5.32 Å². The van der Waals surface area contributed by atoms with E-state index >= 15 is 0 Å². The fraction of sp³-hybridized carbons (Fsp3) is 0.292. The number of hydrogen-bond acceptors (Lipinski definition) is 6. The van der Waals surface area contributed by atoms with Crippen LogP contribution in [0, 0.1) is 0 Å². The van der Waals surface area contributed by atoms with Crippen molar-refractivity contribution in [3.63, 3.8) is 0 Å². The molecule has 0 fully saturated rings. The zero-order valence-electron chi connectivity index (χ0n) is 17.6. The number of amides is 1. The molecule has 0 aromatic heterocycles. The largest absolute Gasteiger partial charge is 0.459 e. The Kier molecular flexibility index (Phi) is 5.21. The van der Waals surface area contributed by atoms with Crippen molar-refractivity contribution < 1.29 is 19.1 Å². The molecule has 0 saturated heterocycles. The van der Waals surface area contributed by atoms with E-state index in [4.69, 9.17) is 4.74 Å². The molecule has 1 amide bonds. The van der Waals surface area contributed by atoms with Gasteiger partial charge in [-0.2, -0.15) is 0 Å². The standard InChI is InChI=1S/C24H23N3O4/c1-24(2,3)31-21(29)13-27-20-11-7-4-8-15(20)12-19(23(27)30)26-22-17(14-28)16-9-5-6-10-18(16)25-22/h4-11,19H,12-13H2,1-3H3,(H,25,26). The van der Waals surface area contributed by atoms with Gasteiger partial charge >= 0.3 is 5.97 Å². The fourth-order valence-electron chi connectivity index (χ4n) is 3.80.